The van der Waals surface area contributed by atoms with Gasteiger partial charge in [-0.15, -0.1) is 0 Å². The van der Waals surface area contributed by atoms with E-state index in [2.05, 4.69) is 9.98 Å². The van der Waals surface area contributed by atoms with Crippen molar-refractivity contribution in [2.24, 2.45) is 4.99 Å². The van der Waals surface area contributed by atoms with Crippen molar-refractivity contribution in [2.45, 2.75) is 6.18 Å². The molecule has 0 aliphatic heterocycles. The molecule has 0 saturated heterocycles. The number of carbonyl (C=O) groups excluding carboxylic acids is 1. The third-order valence-electron chi connectivity index (χ3n) is 2.20. The minimum atomic E-state index is -4.64. The van der Waals surface area contributed by atoms with E-state index in [4.69, 9.17) is 11.6 Å². The smallest absolute Gasteiger partial charge is 0.348 e. The SMILES string of the molecule is O=C=Nc1c(C(F)(F)F)[nH]c2c(Cl)cccc12. The second kappa shape index (κ2) is 3.91. The largest absolute Gasteiger partial charge is 0.433 e. The first-order chi connectivity index (χ1) is 7.95. The van der Waals surface area contributed by atoms with Crippen molar-refractivity contribution in [3.8, 4) is 0 Å². The highest BCUT2D eigenvalue weighted by Gasteiger charge is 2.37. The summed E-state index contributed by atoms with van der Waals surface area (Å²) in [6.07, 6.45) is -3.53. The van der Waals surface area contributed by atoms with Crippen molar-refractivity contribution >= 4 is 34.3 Å². The number of alkyl halides is 3. The first-order valence-corrected chi connectivity index (χ1v) is 4.78. The number of nitrogens with one attached hydrogen (secondary N) is 1. The van der Waals surface area contributed by atoms with Gasteiger partial charge in [0.2, 0.25) is 6.08 Å². The van der Waals surface area contributed by atoms with Crippen LogP contribution in [0.1, 0.15) is 5.69 Å². The first kappa shape index (κ1) is 11.7. The minimum absolute atomic E-state index is 0.0930. The number of halogens is 4. The zero-order valence-corrected chi connectivity index (χ0v) is 8.86. The van der Waals surface area contributed by atoms with Crippen LogP contribution in [0.15, 0.2) is 23.2 Å². The van der Waals surface area contributed by atoms with Crippen LogP contribution in [-0.2, 0) is 11.0 Å². The van der Waals surface area contributed by atoms with Gasteiger partial charge >= 0.3 is 6.18 Å². The summed E-state index contributed by atoms with van der Waals surface area (Å²) in [7, 11) is 0. The molecule has 2 rings (SSSR count). The molecule has 1 N–H and O–H groups in total. The van der Waals surface area contributed by atoms with Crippen molar-refractivity contribution in [3.05, 3.63) is 28.9 Å². The highest BCUT2D eigenvalue weighted by molar-refractivity contribution is 6.35. The highest BCUT2D eigenvalue weighted by Crippen LogP contribution is 2.41. The monoisotopic (exact) mass is 260 g/mol. The molecule has 0 atom stereocenters. The highest BCUT2D eigenvalue weighted by atomic mass is 35.5. The Bertz CT molecular complexity index is 626. The van der Waals surface area contributed by atoms with Gasteiger partial charge in [-0.25, -0.2) is 4.79 Å². The molecule has 0 radical (unpaired) electrons. The molecule has 3 nitrogen and oxygen atoms in total. The molecular formula is C10H4ClF3N2O. The average molecular weight is 261 g/mol. The summed E-state index contributed by atoms with van der Waals surface area (Å²) in [6.45, 7) is 0. The normalized spacial score (nSPS) is 11.5. The Morgan fingerprint density at radius 3 is 2.65 bits per heavy atom. The Hall–Kier alpha value is -1.78. The average Bonchev–Trinajstić information content (AvgIpc) is 2.59. The lowest BCUT2D eigenvalue weighted by Gasteiger charge is -2.03. The molecule has 0 spiro atoms. The number of H-pyrrole nitrogens is 1. The van der Waals surface area contributed by atoms with Crippen molar-refractivity contribution in [1.82, 2.24) is 4.98 Å². The van der Waals surface area contributed by atoms with Crippen LogP contribution in [0.3, 0.4) is 0 Å². The van der Waals surface area contributed by atoms with E-state index in [1.165, 1.54) is 18.2 Å². The molecule has 0 saturated carbocycles. The van der Waals surface area contributed by atoms with E-state index in [0.717, 1.165) is 6.08 Å². The quantitative estimate of drug-likeness (QED) is 0.615. The maximum absolute atomic E-state index is 12.7. The summed E-state index contributed by atoms with van der Waals surface area (Å²) in [5, 5.41) is 0.258. The van der Waals surface area contributed by atoms with E-state index in [9.17, 15) is 18.0 Å². The summed E-state index contributed by atoms with van der Waals surface area (Å²) in [6, 6.07) is 4.31. The molecule has 17 heavy (non-hydrogen) atoms. The molecule has 0 amide bonds. The van der Waals surface area contributed by atoms with Gasteiger partial charge in [-0.1, -0.05) is 23.7 Å². The van der Waals surface area contributed by atoms with Gasteiger partial charge in [-0.3, -0.25) is 0 Å². The fraction of sp³-hybridized carbons (Fsp3) is 0.100. The Morgan fingerprint density at radius 2 is 2.06 bits per heavy atom. The summed E-state index contributed by atoms with van der Waals surface area (Å²) in [4.78, 5) is 15.4. The summed E-state index contributed by atoms with van der Waals surface area (Å²) in [5.74, 6) is 0. The molecule has 2 aromatic rings. The van der Waals surface area contributed by atoms with Crippen molar-refractivity contribution < 1.29 is 18.0 Å². The number of isocyanates is 1. The number of aromatic amines is 1. The van der Waals surface area contributed by atoms with Crippen LogP contribution in [0.4, 0.5) is 18.9 Å². The second-order valence-corrected chi connectivity index (χ2v) is 3.62. The molecule has 0 bridgehead atoms. The topological polar surface area (TPSA) is 45.2 Å². The lowest BCUT2D eigenvalue weighted by Crippen LogP contribution is -2.05. The second-order valence-electron chi connectivity index (χ2n) is 3.21. The molecule has 0 fully saturated rings. The van der Waals surface area contributed by atoms with Gasteiger partial charge < -0.3 is 4.98 Å². The zero-order valence-electron chi connectivity index (χ0n) is 8.10. The van der Waals surface area contributed by atoms with Gasteiger partial charge in [-0.05, 0) is 6.07 Å². The number of rotatable bonds is 1. The molecule has 0 aliphatic rings. The van der Waals surface area contributed by atoms with Gasteiger partial charge in [0.15, 0.2) is 0 Å². The molecule has 7 heteroatoms. The Balaban J connectivity index is 2.89. The van der Waals surface area contributed by atoms with Crippen LogP contribution in [0.2, 0.25) is 5.02 Å². The zero-order chi connectivity index (χ0) is 12.6. The third-order valence-corrected chi connectivity index (χ3v) is 2.51. The number of aliphatic imine (C=N–C) groups is 1. The summed E-state index contributed by atoms with van der Waals surface area (Å²) < 4.78 is 38.0. The number of hydrogen-bond acceptors (Lipinski definition) is 2. The standard InChI is InChI=1S/C10H4ClF3N2O/c11-6-3-1-2-5-7(6)16-9(10(12,13)14)8(5)15-4-17/h1-3,16H. The fourth-order valence-corrected chi connectivity index (χ4v) is 1.76. The van der Waals surface area contributed by atoms with Gasteiger partial charge in [0.1, 0.15) is 11.4 Å². The van der Waals surface area contributed by atoms with Crippen LogP contribution >= 0.6 is 11.6 Å². The maximum atomic E-state index is 12.7. The first-order valence-electron chi connectivity index (χ1n) is 4.40. The van der Waals surface area contributed by atoms with Crippen LogP contribution < -0.4 is 0 Å². The molecule has 88 valence electrons. The van der Waals surface area contributed by atoms with E-state index in [-0.39, 0.29) is 15.9 Å². The van der Waals surface area contributed by atoms with E-state index >= 15 is 0 Å². The number of fused-ring (bicyclic) bond motifs is 1. The number of aromatic nitrogens is 1. The van der Waals surface area contributed by atoms with Crippen molar-refractivity contribution in [2.75, 3.05) is 0 Å². The third kappa shape index (κ3) is 1.92. The number of benzene rings is 1. The Kier molecular flexibility index (Phi) is 2.69. The molecule has 0 unspecified atom stereocenters. The predicted molar refractivity (Wildman–Crippen MR) is 56.1 cm³/mol. The van der Waals surface area contributed by atoms with Gasteiger partial charge in [0, 0.05) is 5.39 Å². The molecule has 1 aromatic carbocycles. The molecule has 0 aliphatic carbocycles. The van der Waals surface area contributed by atoms with Crippen molar-refractivity contribution in [3.63, 3.8) is 0 Å². The lowest BCUT2D eigenvalue weighted by molar-refractivity contribution is -0.140. The molecular weight excluding hydrogens is 257 g/mol. The van der Waals surface area contributed by atoms with Crippen LogP contribution in [0.25, 0.3) is 10.9 Å². The van der Waals surface area contributed by atoms with E-state index in [0.29, 0.717) is 0 Å². The minimum Gasteiger partial charge on any atom is -0.348 e. The lowest BCUT2D eigenvalue weighted by atomic mass is 10.2. The van der Waals surface area contributed by atoms with Crippen LogP contribution in [-0.4, -0.2) is 11.1 Å². The summed E-state index contributed by atoms with van der Waals surface area (Å²) >= 11 is 5.75. The van der Waals surface area contributed by atoms with Gasteiger partial charge in [0.05, 0.1) is 10.5 Å². The van der Waals surface area contributed by atoms with E-state index < -0.39 is 17.6 Å². The summed E-state index contributed by atoms with van der Waals surface area (Å²) in [5.41, 5.74) is -1.51. The Morgan fingerprint density at radius 1 is 1.35 bits per heavy atom. The van der Waals surface area contributed by atoms with Crippen LogP contribution in [0.5, 0.6) is 0 Å². The Labute approximate surface area is 97.9 Å². The van der Waals surface area contributed by atoms with Gasteiger partial charge in [-0.2, -0.15) is 18.2 Å². The number of nitrogens with zero attached hydrogens (tertiary/aromatic N) is 1. The molecule has 1 heterocycles. The predicted octanol–water partition coefficient (Wildman–Crippen LogP) is 3.81. The van der Waals surface area contributed by atoms with Gasteiger partial charge in [0.25, 0.3) is 0 Å². The van der Waals surface area contributed by atoms with Crippen LogP contribution in [0, 0.1) is 0 Å². The van der Waals surface area contributed by atoms with E-state index in [1.807, 2.05) is 0 Å². The fourth-order valence-electron chi connectivity index (χ4n) is 1.53. The van der Waals surface area contributed by atoms with E-state index in [1.54, 1.807) is 0 Å². The number of hydrogen-bond donors (Lipinski definition) is 1. The molecule has 1 aromatic heterocycles. The maximum Gasteiger partial charge on any atom is 0.433 e. The van der Waals surface area contributed by atoms with Crippen molar-refractivity contribution in [1.29, 1.82) is 0 Å². The number of para-hydroxylation sites is 1.